The number of carbonyl (C=O) groups is 1. The fourth-order valence-corrected chi connectivity index (χ4v) is 1.51. The Morgan fingerprint density at radius 1 is 1.27 bits per heavy atom. The first-order valence-electron chi connectivity index (χ1n) is 4.91. The standard InChI is InChI=1S/C12H16O3/c1-8(2)12-10(14-4)6-5-7-11(12)15-9(3)13/h5-8H,1-4H3. The minimum absolute atomic E-state index is 0.246. The van der Waals surface area contributed by atoms with Crippen molar-refractivity contribution < 1.29 is 14.3 Å². The maximum Gasteiger partial charge on any atom is 0.308 e. The molecule has 82 valence electrons. The first kappa shape index (κ1) is 11.6. The Balaban J connectivity index is 3.19. The van der Waals surface area contributed by atoms with E-state index in [-0.39, 0.29) is 11.9 Å². The molecule has 0 bridgehead atoms. The van der Waals surface area contributed by atoms with Crippen molar-refractivity contribution in [2.45, 2.75) is 26.7 Å². The summed E-state index contributed by atoms with van der Waals surface area (Å²) in [5, 5.41) is 0. The van der Waals surface area contributed by atoms with Gasteiger partial charge in [0, 0.05) is 12.5 Å². The Labute approximate surface area is 90.0 Å². The van der Waals surface area contributed by atoms with E-state index in [0.717, 1.165) is 11.3 Å². The third-order valence-electron chi connectivity index (χ3n) is 2.08. The number of methoxy groups -OCH3 is 1. The molecule has 0 atom stereocenters. The maximum atomic E-state index is 10.9. The normalized spacial score (nSPS) is 10.2. The molecule has 0 aliphatic carbocycles. The van der Waals surface area contributed by atoms with Crippen molar-refractivity contribution in [3.05, 3.63) is 23.8 Å². The summed E-state index contributed by atoms with van der Waals surface area (Å²) in [7, 11) is 1.61. The van der Waals surface area contributed by atoms with Gasteiger partial charge in [-0.3, -0.25) is 4.79 Å². The molecule has 1 rings (SSSR count). The molecule has 3 nitrogen and oxygen atoms in total. The highest BCUT2D eigenvalue weighted by Gasteiger charge is 2.14. The average Bonchev–Trinajstić information content (AvgIpc) is 2.15. The smallest absolute Gasteiger partial charge is 0.308 e. The summed E-state index contributed by atoms with van der Waals surface area (Å²) >= 11 is 0. The van der Waals surface area contributed by atoms with E-state index in [0.29, 0.717) is 5.75 Å². The van der Waals surface area contributed by atoms with Crippen LogP contribution < -0.4 is 9.47 Å². The van der Waals surface area contributed by atoms with Gasteiger partial charge in [0.15, 0.2) is 0 Å². The van der Waals surface area contributed by atoms with Crippen LogP contribution in [-0.2, 0) is 4.79 Å². The van der Waals surface area contributed by atoms with Crippen LogP contribution in [0, 0.1) is 0 Å². The molecule has 0 spiro atoms. The summed E-state index contributed by atoms with van der Waals surface area (Å²) in [6.45, 7) is 5.46. The predicted octanol–water partition coefficient (Wildman–Crippen LogP) is 2.74. The molecule has 0 N–H and O–H groups in total. The van der Waals surface area contributed by atoms with Gasteiger partial charge in [0.2, 0.25) is 0 Å². The van der Waals surface area contributed by atoms with Gasteiger partial charge in [0.1, 0.15) is 11.5 Å². The third-order valence-corrected chi connectivity index (χ3v) is 2.08. The Morgan fingerprint density at radius 3 is 2.33 bits per heavy atom. The van der Waals surface area contributed by atoms with Gasteiger partial charge in [0.05, 0.1) is 7.11 Å². The van der Waals surface area contributed by atoms with Gasteiger partial charge in [-0.15, -0.1) is 0 Å². The molecule has 1 aromatic rings. The monoisotopic (exact) mass is 208 g/mol. The summed E-state index contributed by atoms with van der Waals surface area (Å²) in [6.07, 6.45) is 0. The van der Waals surface area contributed by atoms with Crippen molar-refractivity contribution >= 4 is 5.97 Å². The molecular formula is C12H16O3. The maximum absolute atomic E-state index is 10.9. The van der Waals surface area contributed by atoms with Gasteiger partial charge in [-0.25, -0.2) is 0 Å². The van der Waals surface area contributed by atoms with Crippen molar-refractivity contribution in [2.24, 2.45) is 0 Å². The van der Waals surface area contributed by atoms with Crippen molar-refractivity contribution in [3.63, 3.8) is 0 Å². The molecule has 3 heteroatoms. The van der Waals surface area contributed by atoms with Crippen LogP contribution >= 0.6 is 0 Å². The summed E-state index contributed by atoms with van der Waals surface area (Å²) in [6, 6.07) is 5.45. The number of hydrogen-bond donors (Lipinski definition) is 0. The van der Waals surface area contributed by atoms with E-state index in [2.05, 4.69) is 0 Å². The summed E-state index contributed by atoms with van der Waals surface area (Å²) in [4.78, 5) is 10.9. The molecule has 0 aliphatic heterocycles. The van der Waals surface area contributed by atoms with E-state index in [1.54, 1.807) is 13.2 Å². The zero-order valence-electron chi connectivity index (χ0n) is 9.53. The average molecular weight is 208 g/mol. The molecule has 0 radical (unpaired) electrons. The largest absolute Gasteiger partial charge is 0.496 e. The van der Waals surface area contributed by atoms with Crippen LogP contribution in [0.25, 0.3) is 0 Å². The van der Waals surface area contributed by atoms with E-state index in [1.165, 1.54) is 6.92 Å². The fraction of sp³-hybridized carbons (Fsp3) is 0.417. The van der Waals surface area contributed by atoms with Gasteiger partial charge in [-0.05, 0) is 18.1 Å². The SMILES string of the molecule is COc1cccc(OC(C)=O)c1C(C)C. The van der Waals surface area contributed by atoms with Crippen LogP contribution in [0.3, 0.4) is 0 Å². The number of rotatable bonds is 3. The van der Waals surface area contributed by atoms with E-state index < -0.39 is 0 Å². The van der Waals surface area contributed by atoms with Gasteiger partial charge in [-0.1, -0.05) is 19.9 Å². The van der Waals surface area contributed by atoms with E-state index in [9.17, 15) is 4.79 Å². The lowest BCUT2D eigenvalue weighted by Crippen LogP contribution is -2.06. The number of carbonyl (C=O) groups excluding carboxylic acids is 1. The predicted molar refractivity (Wildman–Crippen MR) is 58.4 cm³/mol. The molecule has 1 aromatic carbocycles. The fourth-order valence-electron chi connectivity index (χ4n) is 1.51. The first-order valence-corrected chi connectivity index (χ1v) is 4.91. The van der Waals surface area contributed by atoms with Crippen LogP contribution in [-0.4, -0.2) is 13.1 Å². The zero-order chi connectivity index (χ0) is 11.4. The molecule has 15 heavy (non-hydrogen) atoms. The lowest BCUT2D eigenvalue weighted by Gasteiger charge is -2.15. The summed E-state index contributed by atoms with van der Waals surface area (Å²) < 4.78 is 10.4. The molecule has 0 amide bonds. The van der Waals surface area contributed by atoms with Crippen LogP contribution in [0.4, 0.5) is 0 Å². The van der Waals surface area contributed by atoms with Crippen molar-refractivity contribution in [3.8, 4) is 11.5 Å². The second-order valence-electron chi connectivity index (χ2n) is 3.62. The molecule has 0 unspecified atom stereocenters. The molecule has 0 saturated heterocycles. The molecule has 0 aromatic heterocycles. The molecule has 0 saturated carbocycles. The van der Waals surface area contributed by atoms with Gasteiger partial charge >= 0.3 is 5.97 Å². The number of ether oxygens (including phenoxy) is 2. The summed E-state index contributed by atoms with van der Waals surface area (Å²) in [5.74, 6) is 1.27. The third kappa shape index (κ3) is 2.72. The highest BCUT2D eigenvalue weighted by molar-refractivity contribution is 5.70. The minimum atomic E-state index is -0.315. The lowest BCUT2D eigenvalue weighted by atomic mass is 10.0. The number of esters is 1. The van der Waals surface area contributed by atoms with Crippen molar-refractivity contribution in [1.29, 1.82) is 0 Å². The summed E-state index contributed by atoms with van der Waals surface area (Å²) in [5.41, 5.74) is 0.926. The quantitative estimate of drug-likeness (QED) is 0.566. The van der Waals surface area contributed by atoms with Gasteiger partial charge < -0.3 is 9.47 Å². The van der Waals surface area contributed by atoms with Crippen molar-refractivity contribution in [1.82, 2.24) is 0 Å². The van der Waals surface area contributed by atoms with Crippen molar-refractivity contribution in [2.75, 3.05) is 7.11 Å². The number of hydrogen-bond acceptors (Lipinski definition) is 3. The first-order chi connectivity index (χ1) is 7.06. The van der Waals surface area contributed by atoms with Gasteiger partial charge in [-0.2, -0.15) is 0 Å². The van der Waals surface area contributed by atoms with Crippen LogP contribution in [0.5, 0.6) is 11.5 Å². The Bertz CT molecular complexity index is 356. The van der Waals surface area contributed by atoms with E-state index >= 15 is 0 Å². The molecule has 0 fully saturated rings. The Hall–Kier alpha value is -1.51. The van der Waals surface area contributed by atoms with E-state index in [1.807, 2.05) is 26.0 Å². The minimum Gasteiger partial charge on any atom is -0.496 e. The topological polar surface area (TPSA) is 35.5 Å². The van der Waals surface area contributed by atoms with E-state index in [4.69, 9.17) is 9.47 Å². The lowest BCUT2D eigenvalue weighted by molar-refractivity contribution is -0.131. The molecular weight excluding hydrogens is 192 g/mol. The number of benzene rings is 1. The molecule has 0 heterocycles. The zero-order valence-corrected chi connectivity index (χ0v) is 9.53. The Morgan fingerprint density at radius 2 is 1.87 bits per heavy atom. The van der Waals surface area contributed by atoms with Gasteiger partial charge in [0.25, 0.3) is 0 Å². The van der Waals surface area contributed by atoms with Crippen LogP contribution in [0.2, 0.25) is 0 Å². The highest BCUT2D eigenvalue weighted by Crippen LogP contribution is 2.34. The second-order valence-corrected chi connectivity index (χ2v) is 3.62. The Kier molecular flexibility index (Phi) is 3.72. The van der Waals surface area contributed by atoms with Crippen LogP contribution in [0.15, 0.2) is 18.2 Å². The van der Waals surface area contributed by atoms with Crippen LogP contribution in [0.1, 0.15) is 32.3 Å². The molecule has 0 aliphatic rings. The highest BCUT2D eigenvalue weighted by atomic mass is 16.5. The second kappa shape index (κ2) is 4.82.